The van der Waals surface area contributed by atoms with Crippen LogP contribution >= 0.6 is 0 Å². The SMILES string of the molecule is CCc1ccc(OC(CC)C(=O)NC(CC)c2ccc(C)cc2)cc1. The van der Waals surface area contributed by atoms with E-state index in [1.54, 1.807) is 0 Å². The first kappa shape index (κ1) is 19.0. The van der Waals surface area contributed by atoms with Crippen LogP contribution in [-0.4, -0.2) is 12.0 Å². The molecular weight excluding hydrogens is 310 g/mol. The predicted molar refractivity (Wildman–Crippen MR) is 103 cm³/mol. The standard InChI is InChI=1S/C22H29NO2/c1-5-17-10-14-19(15-11-17)25-21(7-3)22(24)23-20(6-2)18-12-8-16(4)9-13-18/h8-15,20-21H,5-7H2,1-4H3,(H,23,24). The Bertz CT molecular complexity index is 661. The van der Waals surface area contributed by atoms with E-state index in [9.17, 15) is 4.79 Å². The molecule has 0 saturated heterocycles. The van der Waals surface area contributed by atoms with Gasteiger partial charge in [-0.2, -0.15) is 0 Å². The molecule has 2 rings (SSSR count). The van der Waals surface area contributed by atoms with Crippen LogP contribution in [0.1, 0.15) is 56.3 Å². The maximum Gasteiger partial charge on any atom is 0.261 e. The van der Waals surface area contributed by atoms with Crippen LogP contribution in [0, 0.1) is 6.92 Å². The summed E-state index contributed by atoms with van der Waals surface area (Å²) in [5.74, 6) is 0.678. The number of nitrogens with one attached hydrogen (secondary N) is 1. The molecule has 0 spiro atoms. The fourth-order valence-electron chi connectivity index (χ4n) is 2.77. The van der Waals surface area contributed by atoms with Gasteiger partial charge in [0.2, 0.25) is 0 Å². The van der Waals surface area contributed by atoms with E-state index in [4.69, 9.17) is 4.74 Å². The molecule has 0 bridgehead atoms. The van der Waals surface area contributed by atoms with E-state index in [-0.39, 0.29) is 11.9 Å². The normalized spacial score (nSPS) is 13.1. The van der Waals surface area contributed by atoms with E-state index in [0.29, 0.717) is 6.42 Å². The Balaban J connectivity index is 2.03. The summed E-state index contributed by atoms with van der Waals surface area (Å²) in [5.41, 5.74) is 3.61. The monoisotopic (exact) mass is 339 g/mol. The van der Waals surface area contributed by atoms with Crippen molar-refractivity contribution < 1.29 is 9.53 Å². The number of benzene rings is 2. The molecule has 0 aromatic heterocycles. The first-order valence-corrected chi connectivity index (χ1v) is 9.19. The van der Waals surface area contributed by atoms with Gasteiger partial charge < -0.3 is 10.1 Å². The number of carbonyl (C=O) groups excluding carboxylic acids is 1. The first-order chi connectivity index (χ1) is 12.1. The minimum Gasteiger partial charge on any atom is -0.481 e. The average molecular weight is 339 g/mol. The molecule has 134 valence electrons. The molecule has 25 heavy (non-hydrogen) atoms. The quantitative estimate of drug-likeness (QED) is 0.736. The summed E-state index contributed by atoms with van der Waals surface area (Å²) in [6, 6.07) is 16.3. The highest BCUT2D eigenvalue weighted by molar-refractivity contribution is 5.81. The largest absolute Gasteiger partial charge is 0.481 e. The number of rotatable bonds is 8. The Hall–Kier alpha value is -2.29. The van der Waals surface area contributed by atoms with E-state index in [1.165, 1.54) is 11.1 Å². The number of hydrogen-bond donors (Lipinski definition) is 1. The lowest BCUT2D eigenvalue weighted by Crippen LogP contribution is -2.39. The van der Waals surface area contributed by atoms with E-state index >= 15 is 0 Å². The highest BCUT2D eigenvalue weighted by Gasteiger charge is 2.21. The predicted octanol–water partition coefficient (Wildman–Crippen LogP) is 4.98. The van der Waals surface area contributed by atoms with Crippen LogP contribution < -0.4 is 10.1 Å². The number of ether oxygens (including phenoxy) is 1. The maximum absolute atomic E-state index is 12.7. The fourth-order valence-corrected chi connectivity index (χ4v) is 2.77. The van der Waals surface area contributed by atoms with Crippen molar-refractivity contribution in [1.82, 2.24) is 5.32 Å². The van der Waals surface area contributed by atoms with Crippen molar-refractivity contribution in [3.05, 3.63) is 65.2 Å². The van der Waals surface area contributed by atoms with Gasteiger partial charge in [0.15, 0.2) is 6.10 Å². The van der Waals surface area contributed by atoms with Gasteiger partial charge in [0, 0.05) is 0 Å². The fraction of sp³-hybridized carbons (Fsp3) is 0.409. The molecule has 3 nitrogen and oxygen atoms in total. The Morgan fingerprint density at radius 3 is 2.12 bits per heavy atom. The van der Waals surface area contributed by atoms with Crippen molar-refractivity contribution in [3.63, 3.8) is 0 Å². The Morgan fingerprint density at radius 1 is 0.960 bits per heavy atom. The highest BCUT2D eigenvalue weighted by atomic mass is 16.5. The van der Waals surface area contributed by atoms with Crippen molar-refractivity contribution in [2.45, 2.75) is 59.1 Å². The molecule has 1 N–H and O–H groups in total. The molecule has 0 aliphatic heterocycles. The van der Waals surface area contributed by atoms with E-state index < -0.39 is 6.10 Å². The molecule has 1 amide bonds. The topological polar surface area (TPSA) is 38.3 Å². The third-order valence-corrected chi connectivity index (χ3v) is 4.48. The van der Waals surface area contributed by atoms with E-state index in [1.807, 2.05) is 31.2 Å². The van der Waals surface area contributed by atoms with Crippen LogP contribution in [0.5, 0.6) is 5.75 Å². The number of carbonyl (C=O) groups is 1. The zero-order valence-corrected chi connectivity index (χ0v) is 15.7. The summed E-state index contributed by atoms with van der Waals surface area (Å²) in [6.45, 7) is 8.23. The molecule has 0 aliphatic carbocycles. The molecule has 0 saturated carbocycles. The molecule has 0 aliphatic rings. The molecule has 2 unspecified atom stereocenters. The molecule has 2 aromatic carbocycles. The Labute approximate surface area is 151 Å². The van der Waals surface area contributed by atoms with Crippen molar-refractivity contribution in [3.8, 4) is 5.75 Å². The van der Waals surface area contributed by atoms with Gasteiger partial charge in [-0.15, -0.1) is 0 Å². The highest BCUT2D eigenvalue weighted by Crippen LogP contribution is 2.19. The van der Waals surface area contributed by atoms with Crippen molar-refractivity contribution in [2.24, 2.45) is 0 Å². The molecule has 0 fully saturated rings. The second kappa shape index (κ2) is 9.26. The molecule has 0 radical (unpaired) electrons. The van der Waals surface area contributed by atoms with Gasteiger partial charge in [-0.25, -0.2) is 0 Å². The second-order valence-corrected chi connectivity index (χ2v) is 6.39. The van der Waals surface area contributed by atoms with Crippen LogP contribution in [0.2, 0.25) is 0 Å². The zero-order chi connectivity index (χ0) is 18.2. The van der Waals surface area contributed by atoms with Crippen molar-refractivity contribution >= 4 is 5.91 Å². The minimum absolute atomic E-state index is 0.00761. The number of amides is 1. The van der Waals surface area contributed by atoms with E-state index in [0.717, 1.165) is 24.2 Å². The summed E-state index contributed by atoms with van der Waals surface area (Å²) in [7, 11) is 0. The van der Waals surface area contributed by atoms with Crippen LogP contribution in [0.4, 0.5) is 0 Å². The Morgan fingerprint density at radius 2 is 1.60 bits per heavy atom. The van der Waals surface area contributed by atoms with Crippen molar-refractivity contribution in [2.75, 3.05) is 0 Å². The third kappa shape index (κ3) is 5.35. The average Bonchev–Trinajstić information content (AvgIpc) is 2.65. The smallest absolute Gasteiger partial charge is 0.261 e. The number of aryl methyl sites for hydroxylation is 2. The summed E-state index contributed by atoms with van der Waals surface area (Å²) >= 11 is 0. The lowest BCUT2D eigenvalue weighted by Gasteiger charge is -2.22. The first-order valence-electron chi connectivity index (χ1n) is 9.19. The lowest BCUT2D eigenvalue weighted by atomic mass is 10.0. The second-order valence-electron chi connectivity index (χ2n) is 6.39. The molecule has 3 heteroatoms. The molecule has 2 atom stereocenters. The van der Waals surface area contributed by atoms with Gasteiger partial charge in [-0.05, 0) is 49.4 Å². The molecular formula is C22H29NO2. The van der Waals surface area contributed by atoms with Gasteiger partial charge in [-0.3, -0.25) is 4.79 Å². The van der Waals surface area contributed by atoms with Crippen LogP contribution in [0.3, 0.4) is 0 Å². The molecule has 0 heterocycles. The van der Waals surface area contributed by atoms with Gasteiger partial charge in [-0.1, -0.05) is 62.7 Å². The Kier molecular flexibility index (Phi) is 7.05. The van der Waals surface area contributed by atoms with Gasteiger partial charge in [0.05, 0.1) is 6.04 Å². The lowest BCUT2D eigenvalue weighted by molar-refractivity contribution is -0.128. The van der Waals surface area contributed by atoms with Crippen LogP contribution in [0.25, 0.3) is 0 Å². The van der Waals surface area contributed by atoms with Gasteiger partial charge >= 0.3 is 0 Å². The molecule has 2 aromatic rings. The maximum atomic E-state index is 12.7. The van der Waals surface area contributed by atoms with E-state index in [2.05, 4.69) is 50.4 Å². The minimum atomic E-state index is -0.480. The van der Waals surface area contributed by atoms with Gasteiger partial charge in [0.25, 0.3) is 5.91 Å². The number of hydrogen-bond acceptors (Lipinski definition) is 2. The van der Waals surface area contributed by atoms with Crippen molar-refractivity contribution in [1.29, 1.82) is 0 Å². The summed E-state index contributed by atoms with van der Waals surface area (Å²) in [4.78, 5) is 12.7. The third-order valence-electron chi connectivity index (χ3n) is 4.48. The summed E-state index contributed by atoms with van der Waals surface area (Å²) in [5, 5.41) is 3.13. The zero-order valence-electron chi connectivity index (χ0n) is 15.7. The van der Waals surface area contributed by atoms with Crippen LogP contribution in [-0.2, 0) is 11.2 Å². The summed E-state index contributed by atoms with van der Waals surface area (Å²) < 4.78 is 5.91. The van der Waals surface area contributed by atoms with Crippen LogP contribution in [0.15, 0.2) is 48.5 Å². The summed E-state index contributed by atoms with van der Waals surface area (Å²) in [6.07, 6.45) is 1.99. The van der Waals surface area contributed by atoms with Gasteiger partial charge in [0.1, 0.15) is 5.75 Å².